The van der Waals surface area contributed by atoms with Crippen LogP contribution in [0.25, 0.3) is 11.3 Å². The molecule has 2 aliphatic rings. The van der Waals surface area contributed by atoms with Gasteiger partial charge in [0.25, 0.3) is 0 Å². The molecule has 0 spiro atoms. The molecule has 5 rings (SSSR count). The molecule has 8 nitrogen and oxygen atoms in total. The summed E-state index contributed by atoms with van der Waals surface area (Å²) in [5, 5.41) is 14.4. The van der Waals surface area contributed by atoms with Gasteiger partial charge in [0, 0.05) is 31.4 Å². The fraction of sp³-hybridized carbons (Fsp3) is 0.480. The summed E-state index contributed by atoms with van der Waals surface area (Å²) in [5.74, 6) is 1.68. The fourth-order valence-electron chi connectivity index (χ4n) is 5.11. The lowest BCUT2D eigenvalue weighted by molar-refractivity contribution is 0.226. The maximum atomic E-state index is 9.69. The summed E-state index contributed by atoms with van der Waals surface area (Å²) in [4.78, 5) is 14.2. The first-order valence-electron chi connectivity index (χ1n) is 11.9. The van der Waals surface area contributed by atoms with Gasteiger partial charge in [0.2, 0.25) is 5.95 Å². The van der Waals surface area contributed by atoms with Crippen LogP contribution >= 0.6 is 0 Å². The van der Waals surface area contributed by atoms with E-state index in [2.05, 4.69) is 32.0 Å². The van der Waals surface area contributed by atoms with Crippen molar-refractivity contribution in [2.75, 3.05) is 38.3 Å². The van der Waals surface area contributed by atoms with E-state index in [0.29, 0.717) is 6.54 Å². The predicted octanol–water partition coefficient (Wildman–Crippen LogP) is 3.28. The van der Waals surface area contributed by atoms with Crippen molar-refractivity contribution in [3.8, 4) is 17.0 Å². The van der Waals surface area contributed by atoms with Crippen LogP contribution < -0.4 is 9.64 Å². The van der Waals surface area contributed by atoms with Crippen molar-refractivity contribution < 1.29 is 9.84 Å². The van der Waals surface area contributed by atoms with Gasteiger partial charge in [-0.25, -0.2) is 9.97 Å². The second kappa shape index (κ2) is 9.89. The zero-order chi connectivity index (χ0) is 22.6. The monoisotopic (exact) mass is 448 g/mol. The summed E-state index contributed by atoms with van der Waals surface area (Å²) in [7, 11) is 1.70. The molecule has 1 N–H and O–H groups in total. The van der Waals surface area contributed by atoms with Crippen LogP contribution in [0.1, 0.15) is 43.0 Å². The molecule has 2 saturated heterocycles. The Morgan fingerprint density at radius 2 is 2.00 bits per heavy atom. The van der Waals surface area contributed by atoms with E-state index in [1.54, 1.807) is 7.11 Å². The van der Waals surface area contributed by atoms with Crippen molar-refractivity contribution in [3.63, 3.8) is 0 Å². The quantitative estimate of drug-likeness (QED) is 0.566. The van der Waals surface area contributed by atoms with Gasteiger partial charge in [0.05, 0.1) is 43.9 Å². The molecule has 1 aromatic carbocycles. The van der Waals surface area contributed by atoms with E-state index in [1.165, 1.54) is 18.4 Å². The van der Waals surface area contributed by atoms with Crippen molar-refractivity contribution in [1.29, 1.82) is 0 Å². The summed E-state index contributed by atoms with van der Waals surface area (Å²) in [6.07, 6.45) is 8.32. The SMILES string of the molecule is COc1cccc(CN2CCC[C@H]2c2c(-c3ccnc(N4CCCC4)n3)cnn2CCO)c1. The highest BCUT2D eigenvalue weighted by Crippen LogP contribution is 2.38. The van der Waals surface area contributed by atoms with Gasteiger partial charge in [-0.2, -0.15) is 5.10 Å². The number of aliphatic hydroxyl groups is 1. The van der Waals surface area contributed by atoms with Crippen molar-refractivity contribution in [2.45, 2.75) is 44.8 Å². The molecule has 0 aliphatic carbocycles. The van der Waals surface area contributed by atoms with Crippen molar-refractivity contribution in [2.24, 2.45) is 0 Å². The van der Waals surface area contributed by atoms with E-state index in [4.69, 9.17) is 9.72 Å². The molecule has 1 atom stereocenters. The lowest BCUT2D eigenvalue weighted by atomic mass is 10.0. The zero-order valence-corrected chi connectivity index (χ0v) is 19.2. The van der Waals surface area contributed by atoms with Gasteiger partial charge in [-0.3, -0.25) is 9.58 Å². The number of anilines is 1. The van der Waals surface area contributed by atoms with E-state index in [1.807, 2.05) is 35.3 Å². The van der Waals surface area contributed by atoms with Gasteiger partial charge < -0.3 is 14.7 Å². The fourth-order valence-corrected chi connectivity index (χ4v) is 5.11. The van der Waals surface area contributed by atoms with Crippen LogP contribution in [0.15, 0.2) is 42.7 Å². The number of aliphatic hydroxyl groups excluding tert-OH is 1. The van der Waals surface area contributed by atoms with E-state index >= 15 is 0 Å². The summed E-state index contributed by atoms with van der Waals surface area (Å²) in [6, 6.07) is 10.5. The van der Waals surface area contributed by atoms with Crippen LogP contribution in [0.2, 0.25) is 0 Å². The summed E-state index contributed by atoms with van der Waals surface area (Å²) < 4.78 is 7.38. The van der Waals surface area contributed by atoms with Crippen LogP contribution in [0.5, 0.6) is 5.75 Å². The summed E-state index contributed by atoms with van der Waals surface area (Å²) in [6.45, 7) is 4.42. The molecule has 3 aromatic rings. The van der Waals surface area contributed by atoms with Crippen LogP contribution in [-0.4, -0.2) is 63.1 Å². The Hall–Kier alpha value is -2.97. The van der Waals surface area contributed by atoms with E-state index in [0.717, 1.165) is 67.7 Å². The Kier molecular flexibility index (Phi) is 6.55. The topological polar surface area (TPSA) is 79.5 Å². The van der Waals surface area contributed by atoms with Crippen LogP contribution in [0, 0.1) is 0 Å². The molecule has 0 bridgehead atoms. The third-order valence-corrected chi connectivity index (χ3v) is 6.70. The van der Waals surface area contributed by atoms with Gasteiger partial charge >= 0.3 is 0 Å². The maximum Gasteiger partial charge on any atom is 0.225 e. The minimum atomic E-state index is 0.0551. The lowest BCUT2D eigenvalue weighted by Crippen LogP contribution is -2.26. The molecule has 8 heteroatoms. The number of aromatic nitrogens is 4. The molecule has 2 aromatic heterocycles. The average Bonchev–Trinajstić information content (AvgIpc) is 3.61. The summed E-state index contributed by atoms with van der Waals surface area (Å²) >= 11 is 0. The number of hydrogen-bond donors (Lipinski definition) is 1. The average molecular weight is 449 g/mol. The molecule has 4 heterocycles. The number of hydrogen-bond acceptors (Lipinski definition) is 7. The summed E-state index contributed by atoms with van der Waals surface area (Å²) in [5.41, 5.74) is 4.30. The zero-order valence-electron chi connectivity index (χ0n) is 19.2. The molecule has 0 amide bonds. The molecular formula is C25H32N6O2. The standard InChI is InChI=1S/C25H32N6O2/c1-33-20-7-4-6-19(16-20)18-30-13-5-8-23(30)24-21(17-27-31(24)14-15-32)22-9-10-26-25(28-22)29-11-2-3-12-29/h4,6-7,9-10,16-17,23,32H,2-3,5,8,11-15,18H2,1H3/t23-/m0/s1. The number of ether oxygens (including phenoxy) is 1. The van der Waals surface area contributed by atoms with E-state index < -0.39 is 0 Å². The Balaban J connectivity index is 1.48. The van der Waals surface area contributed by atoms with Crippen LogP contribution in [0.4, 0.5) is 5.95 Å². The molecule has 0 radical (unpaired) electrons. The van der Waals surface area contributed by atoms with Crippen LogP contribution in [0.3, 0.4) is 0 Å². The minimum Gasteiger partial charge on any atom is -0.497 e. The Bertz CT molecular complexity index is 1080. The predicted molar refractivity (Wildman–Crippen MR) is 127 cm³/mol. The highest BCUT2D eigenvalue weighted by atomic mass is 16.5. The third-order valence-electron chi connectivity index (χ3n) is 6.70. The number of benzene rings is 1. The molecular weight excluding hydrogens is 416 g/mol. The smallest absolute Gasteiger partial charge is 0.225 e. The number of rotatable bonds is 8. The molecule has 174 valence electrons. The van der Waals surface area contributed by atoms with Gasteiger partial charge in [-0.1, -0.05) is 12.1 Å². The third kappa shape index (κ3) is 4.58. The van der Waals surface area contributed by atoms with Gasteiger partial charge in [-0.15, -0.1) is 0 Å². The largest absolute Gasteiger partial charge is 0.497 e. The maximum absolute atomic E-state index is 9.69. The first-order valence-corrected chi connectivity index (χ1v) is 11.9. The van der Waals surface area contributed by atoms with Gasteiger partial charge in [-0.05, 0) is 56.0 Å². The molecule has 0 saturated carbocycles. The van der Waals surface area contributed by atoms with Crippen molar-refractivity contribution in [1.82, 2.24) is 24.6 Å². The first-order chi connectivity index (χ1) is 16.3. The number of likely N-dealkylation sites (tertiary alicyclic amines) is 1. The van der Waals surface area contributed by atoms with Crippen molar-refractivity contribution >= 4 is 5.95 Å². The normalized spacial score (nSPS) is 18.8. The number of methoxy groups -OCH3 is 1. The molecule has 2 fully saturated rings. The Morgan fingerprint density at radius 3 is 2.82 bits per heavy atom. The van der Waals surface area contributed by atoms with Gasteiger partial charge in [0.15, 0.2) is 0 Å². The highest BCUT2D eigenvalue weighted by Gasteiger charge is 2.32. The lowest BCUT2D eigenvalue weighted by Gasteiger charge is -2.26. The first kappa shape index (κ1) is 21.9. The Labute approximate surface area is 194 Å². The molecule has 0 unspecified atom stereocenters. The molecule has 2 aliphatic heterocycles. The second-order valence-corrected chi connectivity index (χ2v) is 8.81. The Morgan fingerprint density at radius 1 is 1.12 bits per heavy atom. The minimum absolute atomic E-state index is 0.0551. The molecule has 33 heavy (non-hydrogen) atoms. The highest BCUT2D eigenvalue weighted by molar-refractivity contribution is 5.63. The van der Waals surface area contributed by atoms with E-state index in [-0.39, 0.29) is 12.6 Å². The van der Waals surface area contributed by atoms with E-state index in [9.17, 15) is 5.11 Å². The second-order valence-electron chi connectivity index (χ2n) is 8.81. The van der Waals surface area contributed by atoms with Gasteiger partial charge in [0.1, 0.15) is 5.75 Å². The number of nitrogens with zero attached hydrogens (tertiary/aromatic N) is 6. The van der Waals surface area contributed by atoms with Crippen LogP contribution in [-0.2, 0) is 13.1 Å². The van der Waals surface area contributed by atoms with Crippen molar-refractivity contribution in [3.05, 3.63) is 54.0 Å².